The van der Waals surface area contributed by atoms with Crippen LogP contribution in [-0.4, -0.2) is 21.7 Å². The highest BCUT2D eigenvalue weighted by Gasteiger charge is 2.04. The summed E-state index contributed by atoms with van der Waals surface area (Å²) in [4.78, 5) is 4.42. The summed E-state index contributed by atoms with van der Waals surface area (Å²) in [6.45, 7) is 4.93. The lowest BCUT2D eigenvalue weighted by Crippen LogP contribution is -2.10. The Balaban J connectivity index is 2.58. The van der Waals surface area contributed by atoms with E-state index < -0.39 is 0 Å². The highest BCUT2D eigenvalue weighted by molar-refractivity contribution is 5.25. The molecule has 0 unspecified atom stereocenters. The molecule has 1 aromatic rings. The summed E-state index contributed by atoms with van der Waals surface area (Å²) in [6.07, 6.45) is 8.63. The van der Waals surface area contributed by atoms with Gasteiger partial charge in [0.25, 0.3) is 0 Å². The Morgan fingerprint density at radius 2 is 1.94 bits per heavy atom. The predicted molar refractivity (Wildman–Crippen MR) is 65.1 cm³/mol. The predicted octanol–water partition coefficient (Wildman–Crippen LogP) is 1.82. The maximum atomic E-state index is 5.17. The van der Waals surface area contributed by atoms with Crippen LogP contribution in [-0.2, 0) is 12.8 Å². The molecule has 1 heterocycles. The fraction of sp³-hybridized carbons (Fsp3) is 0.583. The first-order chi connectivity index (χ1) is 7.81. The zero-order valence-corrected chi connectivity index (χ0v) is 9.95. The van der Waals surface area contributed by atoms with Crippen molar-refractivity contribution in [1.82, 2.24) is 15.2 Å². The maximum absolute atomic E-state index is 5.17. The van der Waals surface area contributed by atoms with Crippen LogP contribution < -0.4 is 5.32 Å². The third kappa shape index (κ3) is 3.50. The lowest BCUT2D eigenvalue weighted by Gasteiger charge is -2.06. The van der Waals surface area contributed by atoms with Gasteiger partial charge in [0.1, 0.15) is 0 Å². The molecule has 0 saturated carbocycles. The zero-order valence-electron chi connectivity index (χ0n) is 9.95. The van der Waals surface area contributed by atoms with Crippen LogP contribution in [0.4, 0.5) is 5.95 Å². The van der Waals surface area contributed by atoms with Crippen LogP contribution in [0.15, 0.2) is 0 Å². The van der Waals surface area contributed by atoms with E-state index in [1.54, 1.807) is 0 Å². The Kier molecular flexibility index (Phi) is 5.27. The molecule has 1 rings (SSSR count). The van der Waals surface area contributed by atoms with Crippen molar-refractivity contribution in [1.29, 1.82) is 0 Å². The van der Waals surface area contributed by atoms with Crippen LogP contribution in [0, 0.1) is 12.3 Å². The first-order valence-electron chi connectivity index (χ1n) is 5.71. The molecule has 0 atom stereocenters. The van der Waals surface area contributed by atoms with Gasteiger partial charge in [0.2, 0.25) is 5.95 Å². The van der Waals surface area contributed by atoms with Crippen molar-refractivity contribution in [3.05, 3.63) is 11.4 Å². The Morgan fingerprint density at radius 3 is 2.56 bits per heavy atom. The van der Waals surface area contributed by atoms with Crippen LogP contribution >= 0.6 is 0 Å². The van der Waals surface area contributed by atoms with Crippen LogP contribution in [0.5, 0.6) is 0 Å². The van der Waals surface area contributed by atoms with Crippen LogP contribution in [0.3, 0.4) is 0 Å². The van der Waals surface area contributed by atoms with E-state index >= 15 is 0 Å². The number of unbranched alkanes of at least 4 members (excludes halogenated alkanes) is 1. The number of nitrogens with one attached hydrogen (secondary N) is 1. The summed E-state index contributed by atoms with van der Waals surface area (Å²) in [5.74, 6) is 3.20. The van der Waals surface area contributed by atoms with Crippen molar-refractivity contribution in [3.63, 3.8) is 0 Å². The monoisotopic (exact) mass is 218 g/mol. The smallest absolute Gasteiger partial charge is 0.242 e. The summed E-state index contributed by atoms with van der Waals surface area (Å²) >= 11 is 0. The Bertz CT molecular complexity index is 368. The van der Waals surface area contributed by atoms with Crippen molar-refractivity contribution in [2.24, 2.45) is 0 Å². The number of aryl methyl sites for hydroxylation is 2. The minimum Gasteiger partial charge on any atom is -0.353 e. The van der Waals surface area contributed by atoms with E-state index in [1.807, 2.05) is 0 Å². The SMILES string of the molecule is C#CCCCNc1nnc(CC)c(CC)n1. The molecule has 0 fully saturated rings. The summed E-state index contributed by atoms with van der Waals surface area (Å²) in [6, 6.07) is 0. The van der Waals surface area contributed by atoms with E-state index in [2.05, 4.69) is 40.3 Å². The number of aromatic nitrogens is 3. The van der Waals surface area contributed by atoms with Gasteiger partial charge in [-0.05, 0) is 19.3 Å². The molecule has 1 aromatic heterocycles. The van der Waals surface area contributed by atoms with E-state index in [4.69, 9.17) is 6.42 Å². The summed E-state index contributed by atoms with van der Waals surface area (Å²) in [5.41, 5.74) is 2.01. The maximum Gasteiger partial charge on any atom is 0.242 e. The normalized spacial score (nSPS) is 9.81. The fourth-order valence-electron chi connectivity index (χ4n) is 1.40. The first kappa shape index (κ1) is 12.4. The molecule has 0 aromatic carbocycles. The topological polar surface area (TPSA) is 50.7 Å². The van der Waals surface area contributed by atoms with E-state index in [0.29, 0.717) is 5.95 Å². The third-order valence-electron chi connectivity index (χ3n) is 2.29. The average Bonchev–Trinajstić information content (AvgIpc) is 2.34. The van der Waals surface area contributed by atoms with Crippen LogP contribution in [0.25, 0.3) is 0 Å². The molecule has 86 valence electrons. The lowest BCUT2D eigenvalue weighted by atomic mass is 10.2. The summed E-state index contributed by atoms with van der Waals surface area (Å²) in [5, 5.41) is 11.3. The standard InChI is InChI=1S/C12H18N4/c1-4-7-8-9-13-12-14-10(5-2)11(6-3)15-16-12/h1H,5-9H2,2-3H3,(H,13,14,16). The van der Waals surface area contributed by atoms with Gasteiger partial charge in [-0.2, -0.15) is 5.10 Å². The molecule has 0 bridgehead atoms. The number of hydrogen-bond donors (Lipinski definition) is 1. The van der Waals surface area contributed by atoms with Crippen molar-refractivity contribution >= 4 is 5.95 Å². The molecule has 1 N–H and O–H groups in total. The largest absolute Gasteiger partial charge is 0.353 e. The van der Waals surface area contributed by atoms with Crippen molar-refractivity contribution in [2.45, 2.75) is 39.5 Å². The molecular formula is C12H18N4. The third-order valence-corrected chi connectivity index (χ3v) is 2.29. The van der Waals surface area contributed by atoms with Gasteiger partial charge in [-0.15, -0.1) is 17.4 Å². The van der Waals surface area contributed by atoms with Gasteiger partial charge in [-0.1, -0.05) is 13.8 Å². The van der Waals surface area contributed by atoms with E-state index in [1.165, 1.54) is 0 Å². The number of anilines is 1. The molecule has 0 aliphatic heterocycles. The second kappa shape index (κ2) is 6.78. The van der Waals surface area contributed by atoms with Crippen molar-refractivity contribution < 1.29 is 0 Å². The molecule has 0 spiro atoms. The molecule has 0 amide bonds. The number of rotatable bonds is 6. The van der Waals surface area contributed by atoms with E-state index in [0.717, 1.165) is 43.6 Å². The van der Waals surface area contributed by atoms with Gasteiger partial charge < -0.3 is 5.32 Å². The van der Waals surface area contributed by atoms with Gasteiger partial charge in [0.05, 0.1) is 11.4 Å². The Morgan fingerprint density at radius 1 is 1.19 bits per heavy atom. The summed E-state index contributed by atoms with van der Waals surface area (Å²) in [7, 11) is 0. The second-order valence-electron chi connectivity index (χ2n) is 3.47. The molecule has 16 heavy (non-hydrogen) atoms. The van der Waals surface area contributed by atoms with Gasteiger partial charge >= 0.3 is 0 Å². The number of terminal acetylenes is 1. The molecule has 0 radical (unpaired) electrons. The molecule has 4 heteroatoms. The second-order valence-corrected chi connectivity index (χ2v) is 3.47. The highest BCUT2D eigenvalue weighted by Crippen LogP contribution is 2.06. The minimum absolute atomic E-state index is 0.603. The first-order valence-corrected chi connectivity index (χ1v) is 5.71. The van der Waals surface area contributed by atoms with Crippen molar-refractivity contribution in [3.8, 4) is 12.3 Å². The molecular weight excluding hydrogens is 200 g/mol. The number of hydrogen-bond acceptors (Lipinski definition) is 4. The molecule has 4 nitrogen and oxygen atoms in total. The summed E-state index contributed by atoms with van der Waals surface area (Å²) < 4.78 is 0. The van der Waals surface area contributed by atoms with Crippen molar-refractivity contribution in [2.75, 3.05) is 11.9 Å². The molecule has 0 aliphatic carbocycles. The average molecular weight is 218 g/mol. The van der Waals surface area contributed by atoms with Gasteiger partial charge in [-0.3, -0.25) is 0 Å². The Labute approximate surface area is 96.9 Å². The molecule has 0 saturated heterocycles. The van der Waals surface area contributed by atoms with Crippen LogP contribution in [0.1, 0.15) is 38.1 Å². The fourth-order valence-corrected chi connectivity index (χ4v) is 1.40. The highest BCUT2D eigenvalue weighted by atomic mass is 15.2. The van der Waals surface area contributed by atoms with Gasteiger partial charge in [0, 0.05) is 13.0 Å². The van der Waals surface area contributed by atoms with E-state index in [9.17, 15) is 0 Å². The lowest BCUT2D eigenvalue weighted by molar-refractivity contribution is 0.809. The van der Waals surface area contributed by atoms with E-state index in [-0.39, 0.29) is 0 Å². The minimum atomic E-state index is 0.603. The number of nitrogens with zero attached hydrogens (tertiary/aromatic N) is 3. The van der Waals surface area contributed by atoms with Gasteiger partial charge in [0.15, 0.2) is 0 Å². The zero-order chi connectivity index (χ0) is 11.8. The quantitative estimate of drug-likeness (QED) is 0.584. The Hall–Kier alpha value is -1.63. The van der Waals surface area contributed by atoms with Gasteiger partial charge in [-0.25, -0.2) is 4.98 Å². The van der Waals surface area contributed by atoms with Crippen LogP contribution in [0.2, 0.25) is 0 Å². The molecule has 0 aliphatic rings.